The van der Waals surface area contributed by atoms with E-state index in [0.29, 0.717) is 23.4 Å². The first-order valence-corrected chi connectivity index (χ1v) is 11.4. The van der Waals surface area contributed by atoms with Gasteiger partial charge in [-0.25, -0.2) is 4.39 Å². The van der Waals surface area contributed by atoms with Gasteiger partial charge in [-0.2, -0.15) is 0 Å². The molecule has 1 aliphatic rings. The molecular formula is C25H29Cl2FN2O5. The van der Waals surface area contributed by atoms with Crippen molar-refractivity contribution in [1.29, 1.82) is 0 Å². The van der Waals surface area contributed by atoms with Gasteiger partial charge in [0.2, 0.25) is 0 Å². The Morgan fingerprint density at radius 2 is 1.83 bits per heavy atom. The monoisotopic (exact) mass is 526 g/mol. The van der Waals surface area contributed by atoms with Gasteiger partial charge in [0.05, 0.1) is 17.6 Å². The van der Waals surface area contributed by atoms with E-state index in [9.17, 15) is 18.8 Å². The highest BCUT2D eigenvalue weighted by Crippen LogP contribution is 2.42. The molecule has 0 radical (unpaired) electrons. The molecule has 0 fully saturated rings. The van der Waals surface area contributed by atoms with Crippen molar-refractivity contribution in [1.82, 2.24) is 10.6 Å². The normalized spacial score (nSPS) is 17.9. The summed E-state index contributed by atoms with van der Waals surface area (Å²) < 4.78 is 25.5. The standard InChI is InChI=1S/C25H28ClFN2O5.ClH/c1-5-10-28-13-21(31)33-23-22(29-24(32)16-6-8-19(27)18(26)12-16)17-11-15(14(2)30)7-9-20(17)34-25(23,3)4;/h6-9,11-12,22-23,28H,5,10,13H2,1-4H3,(H,29,32);1H/t22-,23-;/m0./s1. The van der Waals surface area contributed by atoms with Crippen molar-refractivity contribution >= 4 is 41.7 Å². The number of halogens is 3. The predicted molar refractivity (Wildman–Crippen MR) is 133 cm³/mol. The number of carbonyl (C=O) groups is 3. The Kier molecular flexibility index (Phi) is 9.66. The van der Waals surface area contributed by atoms with Crippen LogP contribution in [0.3, 0.4) is 0 Å². The van der Waals surface area contributed by atoms with Crippen molar-refractivity contribution in [3.63, 3.8) is 0 Å². The molecule has 0 saturated carbocycles. The molecule has 0 aliphatic carbocycles. The second-order valence-electron chi connectivity index (χ2n) is 8.68. The summed E-state index contributed by atoms with van der Waals surface area (Å²) in [7, 11) is 0. The Morgan fingerprint density at radius 3 is 2.46 bits per heavy atom. The van der Waals surface area contributed by atoms with Crippen molar-refractivity contribution in [2.75, 3.05) is 13.1 Å². The van der Waals surface area contributed by atoms with E-state index in [0.717, 1.165) is 12.5 Å². The van der Waals surface area contributed by atoms with E-state index < -0.39 is 35.4 Å². The molecule has 0 aromatic heterocycles. The first kappa shape index (κ1) is 28.6. The van der Waals surface area contributed by atoms with Gasteiger partial charge in [-0.15, -0.1) is 12.4 Å². The molecule has 7 nitrogen and oxygen atoms in total. The number of hydrogen-bond donors (Lipinski definition) is 2. The summed E-state index contributed by atoms with van der Waals surface area (Å²) in [6.07, 6.45) is -0.0659. The van der Waals surface area contributed by atoms with Crippen LogP contribution in [0, 0.1) is 5.82 Å². The molecule has 1 heterocycles. The number of esters is 1. The van der Waals surface area contributed by atoms with Crippen molar-refractivity contribution in [2.24, 2.45) is 0 Å². The summed E-state index contributed by atoms with van der Waals surface area (Å²) in [5, 5.41) is 5.67. The van der Waals surface area contributed by atoms with E-state index in [1.165, 1.54) is 19.1 Å². The average Bonchev–Trinajstić information content (AvgIpc) is 2.77. The van der Waals surface area contributed by atoms with E-state index >= 15 is 0 Å². The van der Waals surface area contributed by atoms with Crippen molar-refractivity contribution in [3.05, 3.63) is 63.9 Å². The molecule has 35 heavy (non-hydrogen) atoms. The first-order chi connectivity index (χ1) is 16.0. The number of Topliss-reactive ketones (excluding diaryl/α,β-unsaturated/α-hetero) is 1. The lowest BCUT2D eigenvalue weighted by Crippen LogP contribution is -2.56. The van der Waals surface area contributed by atoms with Crippen LogP contribution >= 0.6 is 24.0 Å². The van der Waals surface area contributed by atoms with E-state index in [1.54, 1.807) is 32.0 Å². The molecule has 2 N–H and O–H groups in total. The van der Waals surface area contributed by atoms with Crippen LogP contribution in [0.4, 0.5) is 4.39 Å². The summed E-state index contributed by atoms with van der Waals surface area (Å²) in [4.78, 5) is 37.7. The summed E-state index contributed by atoms with van der Waals surface area (Å²) in [6.45, 7) is 7.55. The Balaban J connectivity index is 0.00000432. The quantitative estimate of drug-likeness (QED) is 0.295. The molecule has 0 spiro atoms. The van der Waals surface area contributed by atoms with Gasteiger partial charge in [0.25, 0.3) is 5.91 Å². The van der Waals surface area contributed by atoms with Crippen LogP contribution in [0.1, 0.15) is 66.4 Å². The van der Waals surface area contributed by atoms with E-state index in [4.69, 9.17) is 21.1 Å². The zero-order chi connectivity index (χ0) is 25.0. The Bertz CT molecular complexity index is 1110. The van der Waals surface area contributed by atoms with Gasteiger partial charge >= 0.3 is 5.97 Å². The number of benzene rings is 2. The second-order valence-corrected chi connectivity index (χ2v) is 9.09. The van der Waals surface area contributed by atoms with Crippen LogP contribution in [0.2, 0.25) is 5.02 Å². The zero-order valence-electron chi connectivity index (χ0n) is 19.9. The topological polar surface area (TPSA) is 93.7 Å². The van der Waals surface area contributed by atoms with Gasteiger partial charge < -0.3 is 20.1 Å². The van der Waals surface area contributed by atoms with Crippen molar-refractivity contribution < 1.29 is 28.2 Å². The first-order valence-electron chi connectivity index (χ1n) is 11.0. The molecule has 190 valence electrons. The van der Waals surface area contributed by atoms with Crippen LogP contribution in [0.5, 0.6) is 5.75 Å². The number of carbonyl (C=O) groups excluding carboxylic acids is 3. The lowest BCUT2D eigenvalue weighted by Gasteiger charge is -2.44. The Labute approximate surface area is 215 Å². The SMILES string of the molecule is CCCNCC(=O)O[C@H]1[C@@H](NC(=O)c2ccc(F)c(Cl)c2)c2cc(C(C)=O)ccc2OC1(C)C.Cl. The molecular weight excluding hydrogens is 498 g/mol. The number of ketones is 1. The lowest BCUT2D eigenvalue weighted by atomic mass is 9.85. The van der Waals surface area contributed by atoms with Gasteiger partial charge in [0, 0.05) is 16.7 Å². The molecule has 0 saturated heterocycles. The van der Waals surface area contributed by atoms with Crippen LogP contribution in [0.25, 0.3) is 0 Å². The average molecular weight is 527 g/mol. The highest BCUT2D eigenvalue weighted by Gasteiger charge is 2.47. The number of hydrogen-bond acceptors (Lipinski definition) is 6. The predicted octanol–water partition coefficient (Wildman–Crippen LogP) is 4.66. The zero-order valence-corrected chi connectivity index (χ0v) is 21.5. The van der Waals surface area contributed by atoms with Gasteiger partial charge in [-0.1, -0.05) is 18.5 Å². The fourth-order valence-corrected chi connectivity index (χ4v) is 3.97. The van der Waals surface area contributed by atoms with Gasteiger partial charge in [0.15, 0.2) is 11.9 Å². The minimum absolute atomic E-state index is 0. The molecule has 10 heteroatoms. The van der Waals surface area contributed by atoms with Gasteiger partial charge in [-0.3, -0.25) is 14.4 Å². The number of rotatable bonds is 8. The maximum atomic E-state index is 13.6. The van der Waals surface area contributed by atoms with Crippen molar-refractivity contribution in [3.8, 4) is 5.75 Å². The minimum Gasteiger partial charge on any atom is -0.484 e. The third-order valence-corrected chi connectivity index (χ3v) is 5.82. The number of nitrogens with one attached hydrogen (secondary N) is 2. The third-order valence-electron chi connectivity index (χ3n) is 5.54. The van der Waals surface area contributed by atoms with Crippen LogP contribution < -0.4 is 15.4 Å². The highest BCUT2D eigenvalue weighted by atomic mass is 35.5. The molecule has 2 aromatic rings. The van der Waals surface area contributed by atoms with Gasteiger partial charge in [0.1, 0.15) is 17.2 Å². The molecule has 2 atom stereocenters. The number of ether oxygens (including phenoxy) is 2. The Morgan fingerprint density at radius 1 is 1.14 bits per heavy atom. The molecule has 0 bridgehead atoms. The number of amides is 1. The third kappa shape index (κ3) is 6.72. The molecule has 0 unspecified atom stereocenters. The fraction of sp³-hybridized carbons (Fsp3) is 0.400. The summed E-state index contributed by atoms with van der Waals surface area (Å²) >= 11 is 5.85. The fourth-order valence-electron chi connectivity index (χ4n) is 3.79. The smallest absolute Gasteiger partial charge is 0.320 e. The number of fused-ring (bicyclic) bond motifs is 1. The largest absolute Gasteiger partial charge is 0.484 e. The maximum absolute atomic E-state index is 13.6. The molecule has 1 aliphatic heterocycles. The van der Waals surface area contributed by atoms with E-state index in [2.05, 4.69) is 10.6 Å². The van der Waals surface area contributed by atoms with Crippen molar-refractivity contribution in [2.45, 2.75) is 51.9 Å². The highest BCUT2D eigenvalue weighted by molar-refractivity contribution is 6.31. The molecule has 2 aromatic carbocycles. The minimum atomic E-state index is -1.01. The van der Waals surface area contributed by atoms with Crippen LogP contribution in [0.15, 0.2) is 36.4 Å². The molecule has 1 amide bonds. The molecule has 3 rings (SSSR count). The van der Waals surface area contributed by atoms with Gasteiger partial charge in [-0.05, 0) is 70.1 Å². The second kappa shape index (κ2) is 11.8. The van der Waals surface area contributed by atoms with Crippen LogP contribution in [-0.4, -0.2) is 42.5 Å². The maximum Gasteiger partial charge on any atom is 0.320 e. The lowest BCUT2D eigenvalue weighted by molar-refractivity contribution is -0.164. The summed E-state index contributed by atoms with van der Waals surface area (Å²) in [5.74, 6) is -1.42. The van der Waals surface area contributed by atoms with E-state index in [-0.39, 0.29) is 35.3 Å². The summed E-state index contributed by atoms with van der Waals surface area (Å²) in [6, 6.07) is 7.70. The van der Waals surface area contributed by atoms with E-state index in [1.807, 2.05) is 6.92 Å². The van der Waals surface area contributed by atoms with Crippen LogP contribution in [-0.2, 0) is 9.53 Å². The Hall–Kier alpha value is -2.68. The summed E-state index contributed by atoms with van der Waals surface area (Å²) in [5.41, 5.74) is 0.0344.